The summed E-state index contributed by atoms with van der Waals surface area (Å²) in [4.78, 5) is 12.5. The summed E-state index contributed by atoms with van der Waals surface area (Å²) in [5, 5.41) is 14.3. The molecule has 1 aromatic heterocycles. The first-order valence-corrected chi connectivity index (χ1v) is 8.90. The van der Waals surface area contributed by atoms with Gasteiger partial charge in [0.05, 0.1) is 31.0 Å². The number of methoxy groups -OCH3 is 2. The highest BCUT2D eigenvalue weighted by molar-refractivity contribution is 6.32. The van der Waals surface area contributed by atoms with E-state index < -0.39 is 5.91 Å². The molecule has 1 unspecified atom stereocenters. The molecule has 0 radical (unpaired) electrons. The fourth-order valence-corrected chi connectivity index (χ4v) is 2.95. The quantitative estimate of drug-likeness (QED) is 0.747. The van der Waals surface area contributed by atoms with E-state index in [-0.39, 0.29) is 11.8 Å². The van der Waals surface area contributed by atoms with Gasteiger partial charge in [-0.05, 0) is 25.0 Å². The van der Waals surface area contributed by atoms with Crippen LogP contribution in [-0.2, 0) is 4.74 Å². The SMILES string of the molecule is COc1cc(NC(=O)c2ccc(NCC3CCCO3)nn2)c(OC)cc1Cl. The zero-order chi connectivity index (χ0) is 19.2. The zero-order valence-corrected chi connectivity index (χ0v) is 15.9. The van der Waals surface area contributed by atoms with Gasteiger partial charge >= 0.3 is 0 Å². The highest BCUT2D eigenvalue weighted by Crippen LogP contribution is 2.36. The molecule has 2 aromatic rings. The number of benzene rings is 1. The van der Waals surface area contributed by atoms with Gasteiger partial charge in [0.1, 0.15) is 17.3 Å². The first kappa shape index (κ1) is 19.2. The molecule has 0 bridgehead atoms. The molecule has 1 amide bonds. The average molecular weight is 393 g/mol. The molecular formula is C18H21ClN4O4. The van der Waals surface area contributed by atoms with E-state index in [0.717, 1.165) is 19.4 Å². The van der Waals surface area contributed by atoms with E-state index in [9.17, 15) is 4.79 Å². The molecule has 8 nitrogen and oxygen atoms in total. The minimum Gasteiger partial charge on any atom is -0.495 e. The summed E-state index contributed by atoms with van der Waals surface area (Å²) >= 11 is 6.07. The number of ether oxygens (including phenoxy) is 3. The number of rotatable bonds is 7. The van der Waals surface area contributed by atoms with Crippen molar-refractivity contribution in [1.29, 1.82) is 0 Å². The third-order valence-electron chi connectivity index (χ3n) is 4.15. The van der Waals surface area contributed by atoms with Crippen molar-refractivity contribution < 1.29 is 19.0 Å². The number of anilines is 2. The van der Waals surface area contributed by atoms with Crippen molar-refractivity contribution in [3.05, 3.63) is 35.0 Å². The number of carbonyl (C=O) groups is 1. The smallest absolute Gasteiger partial charge is 0.276 e. The Kier molecular flexibility index (Phi) is 6.31. The Morgan fingerprint density at radius 3 is 2.70 bits per heavy atom. The van der Waals surface area contributed by atoms with E-state index in [0.29, 0.717) is 34.6 Å². The van der Waals surface area contributed by atoms with Crippen LogP contribution < -0.4 is 20.1 Å². The largest absolute Gasteiger partial charge is 0.495 e. The lowest BCUT2D eigenvalue weighted by atomic mass is 10.2. The van der Waals surface area contributed by atoms with Gasteiger partial charge < -0.3 is 24.8 Å². The van der Waals surface area contributed by atoms with Gasteiger partial charge in [0.25, 0.3) is 5.91 Å². The predicted octanol–water partition coefficient (Wildman–Crippen LogP) is 2.99. The summed E-state index contributed by atoms with van der Waals surface area (Å²) in [5.41, 5.74) is 0.597. The maximum atomic E-state index is 12.5. The monoisotopic (exact) mass is 392 g/mol. The van der Waals surface area contributed by atoms with Gasteiger partial charge in [-0.1, -0.05) is 11.6 Å². The van der Waals surface area contributed by atoms with Crippen LogP contribution in [0.2, 0.25) is 5.02 Å². The maximum Gasteiger partial charge on any atom is 0.276 e. The van der Waals surface area contributed by atoms with Crippen molar-refractivity contribution in [2.24, 2.45) is 0 Å². The maximum absolute atomic E-state index is 12.5. The van der Waals surface area contributed by atoms with Crippen LogP contribution >= 0.6 is 11.6 Å². The summed E-state index contributed by atoms with van der Waals surface area (Å²) in [6, 6.07) is 6.46. The summed E-state index contributed by atoms with van der Waals surface area (Å²) in [5.74, 6) is 1.01. The van der Waals surface area contributed by atoms with Crippen LogP contribution in [0.1, 0.15) is 23.3 Å². The first-order valence-electron chi connectivity index (χ1n) is 8.52. The minimum atomic E-state index is -0.421. The second-order valence-electron chi connectivity index (χ2n) is 5.96. The molecule has 9 heteroatoms. The lowest BCUT2D eigenvalue weighted by molar-refractivity contribution is 0.102. The van der Waals surface area contributed by atoms with Gasteiger partial charge in [-0.2, -0.15) is 0 Å². The van der Waals surface area contributed by atoms with Crippen LogP contribution in [0.5, 0.6) is 11.5 Å². The Labute approximate surface area is 162 Å². The predicted molar refractivity (Wildman–Crippen MR) is 102 cm³/mol. The van der Waals surface area contributed by atoms with Crippen LogP contribution in [0.15, 0.2) is 24.3 Å². The van der Waals surface area contributed by atoms with Crippen molar-refractivity contribution >= 4 is 29.0 Å². The van der Waals surface area contributed by atoms with E-state index in [4.69, 9.17) is 25.8 Å². The molecular weight excluding hydrogens is 372 g/mol. The van der Waals surface area contributed by atoms with E-state index in [1.165, 1.54) is 14.2 Å². The fraction of sp³-hybridized carbons (Fsp3) is 0.389. The Morgan fingerprint density at radius 1 is 1.26 bits per heavy atom. The number of carbonyl (C=O) groups excluding carboxylic acids is 1. The van der Waals surface area contributed by atoms with Crippen molar-refractivity contribution in [2.45, 2.75) is 18.9 Å². The molecule has 27 heavy (non-hydrogen) atoms. The van der Waals surface area contributed by atoms with Crippen LogP contribution in [-0.4, -0.2) is 49.6 Å². The molecule has 1 aliphatic heterocycles. The first-order chi connectivity index (χ1) is 13.1. The van der Waals surface area contributed by atoms with Crippen LogP contribution in [0, 0.1) is 0 Å². The molecule has 0 aliphatic carbocycles. The third-order valence-corrected chi connectivity index (χ3v) is 4.45. The molecule has 0 saturated carbocycles. The second kappa shape index (κ2) is 8.88. The number of aromatic nitrogens is 2. The highest BCUT2D eigenvalue weighted by atomic mass is 35.5. The van der Waals surface area contributed by atoms with Gasteiger partial charge in [-0.15, -0.1) is 10.2 Å². The molecule has 1 saturated heterocycles. The third kappa shape index (κ3) is 4.78. The standard InChI is InChI=1S/C18H21ClN4O4/c1-25-15-9-14(16(26-2)8-12(15)19)21-18(24)13-5-6-17(23-22-13)20-10-11-4-3-7-27-11/h5-6,8-9,11H,3-4,7,10H2,1-2H3,(H,20,23)(H,21,24). The molecule has 1 aliphatic rings. The van der Waals surface area contributed by atoms with Crippen molar-refractivity contribution in [2.75, 3.05) is 38.0 Å². The zero-order valence-electron chi connectivity index (χ0n) is 15.1. The molecule has 3 rings (SSSR count). The van der Waals surface area contributed by atoms with Gasteiger partial charge in [0.2, 0.25) is 0 Å². The van der Waals surface area contributed by atoms with E-state index in [1.54, 1.807) is 24.3 Å². The average Bonchev–Trinajstić information content (AvgIpc) is 3.21. The Bertz CT molecular complexity index is 795. The van der Waals surface area contributed by atoms with Crippen molar-refractivity contribution in [3.8, 4) is 11.5 Å². The minimum absolute atomic E-state index is 0.175. The lowest BCUT2D eigenvalue weighted by Gasteiger charge is -2.13. The normalized spacial score (nSPS) is 16.0. The topological polar surface area (TPSA) is 94.6 Å². The highest BCUT2D eigenvalue weighted by Gasteiger charge is 2.17. The molecule has 2 N–H and O–H groups in total. The van der Waals surface area contributed by atoms with E-state index in [1.807, 2.05) is 0 Å². The second-order valence-corrected chi connectivity index (χ2v) is 6.37. The Balaban J connectivity index is 1.65. The Morgan fingerprint density at radius 2 is 2.07 bits per heavy atom. The van der Waals surface area contributed by atoms with Gasteiger partial charge in [0.15, 0.2) is 5.69 Å². The number of halogens is 1. The molecule has 1 aromatic carbocycles. The van der Waals surface area contributed by atoms with Crippen LogP contribution in [0.3, 0.4) is 0 Å². The molecule has 1 atom stereocenters. The molecule has 1 fully saturated rings. The number of nitrogens with zero attached hydrogens (tertiary/aromatic N) is 2. The summed E-state index contributed by atoms with van der Waals surface area (Å²) in [6.07, 6.45) is 2.31. The van der Waals surface area contributed by atoms with Crippen molar-refractivity contribution in [3.63, 3.8) is 0 Å². The number of hydrogen-bond acceptors (Lipinski definition) is 7. The van der Waals surface area contributed by atoms with Gasteiger partial charge in [-0.25, -0.2) is 0 Å². The molecule has 0 spiro atoms. The fourth-order valence-electron chi connectivity index (χ4n) is 2.72. The number of hydrogen-bond donors (Lipinski definition) is 2. The summed E-state index contributed by atoms with van der Waals surface area (Å²) < 4.78 is 16.0. The van der Waals surface area contributed by atoms with Gasteiger partial charge in [-0.3, -0.25) is 4.79 Å². The van der Waals surface area contributed by atoms with E-state index >= 15 is 0 Å². The van der Waals surface area contributed by atoms with Crippen molar-refractivity contribution in [1.82, 2.24) is 10.2 Å². The lowest BCUT2D eigenvalue weighted by Crippen LogP contribution is -2.20. The van der Waals surface area contributed by atoms with E-state index in [2.05, 4.69) is 20.8 Å². The van der Waals surface area contributed by atoms with Crippen LogP contribution in [0.25, 0.3) is 0 Å². The molecule has 144 valence electrons. The Hall–Kier alpha value is -2.58. The summed E-state index contributed by atoms with van der Waals surface area (Å²) in [6.45, 7) is 1.47. The molecule has 2 heterocycles. The number of nitrogens with one attached hydrogen (secondary N) is 2. The summed E-state index contributed by atoms with van der Waals surface area (Å²) in [7, 11) is 2.98. The number of amides is 1. The van der Waals surface area contributed by atoms with Gasteiger partial charge in [0, 0.05) is 25.3 Å². The van der Waals surface area contributed by atoms with Crippen LogP contribution in [0.4, 0.5) is 11.5 Å².